The minimum absolute atomic E-state index is 0.0498. The number of para-hydroxylation sites is 1. The Balaban J connectivity index is 1.58. The van der Waals surface area contributed by atoms with Crippen LogP contribution in [0.3, 0.4) is 0 Å². The molecule has 0 spiro atoms. The SMILES string of the molecule is Cc1cc(N(Cc2cc(C(F)(F)F)cc(C(F)(F)F)c2)Cc2cc3ccccc3nc2C(CN)CC2CCC2)no1. The van der Waals surface area contributed by atoms with Gasteiger partial charge in [0.2, 0.25) is 0 Å². The first-order valence-electron chi connectivity index (χ1n) is 13.5. The van der Waals surface area contributed by atoms with E-state index in [1.54, 1.807) is 17.9 Å². The number of aryl methyl sites for hydroxylation is 1. The molecule has 4 aromatic rings. The number of nitrogens with two attached hydrogens (primary N) is 1. The summed E-state index contributed by atoms with van der Waals surface area (Å²) in [6, 6.07) is 12.8. The molecule has 2 N–H and O–H groups in total. The smallest absolute Gasteiger partial charge is 0.360 e. The summed E-state index contributed by atoms with van der Waals surface area (Å²) in [4.78, 5) is 6.57. The summed E-state index contributed by atoms with van der Waals surface area (Å²) in [5, 5.41) is 4.90. The number of alkyl halides is 6. The number of pyridine rings is 1. The van der Waals surface area contributed by atoms with Crippen LogP contribution in [-0.2, 0) is 25.4 Å². The van der Waals surface area contributed by atoms with Crippen molar-refractivity contribution in [2.45, 2.75) is 64.0 Å². The van der Waals surface area contributed by atoms with E-state index >= 15 is 0 Å². The van der Waals surface area contributed by atoms with Crippen LogP contribution >= 0.6 is 0 Å². The van der Waals surface area contributed by atoms with Crippen molar-refractivity contribution in [2.24, 2.45) is 11.7 Å². The van der Waals surface area contributed by atoms with Gasteiger partial charge in [-0.25, -0.2) is 0 Å². The number of anilines is 1. The summed E-state index contributed by atoms with van der Waals surface area (Å²) in [6.45, 7) is 1.87. The Labute approximate surface area is 233 Å². The van der Waals surface area contributed by atoms with Crippen LogP contribution in [-0.4, -0.2) is 16.7 Å². The topological polar surface area (TPSA) is 68.2 Å². The molecule has 0 aliphatic heterocycles. The minimum atomic E-state index is -4.95. The lowest BCUT2D eigenvalue weighted by Gasteiger charge is -2.31. The second-order valence-electron chi connectivity index (χ2n) is 10.8. The Morgan fingerprint density at radius 1 is 0.951 bits per heavy atom. The van der Waals surface area contributed by atoms with Crippen LogP contribution in [0.15, 0.2) is 59.1 Å². The van der Waals surface area contributed by atoms with E-state index < -0.39 is 23.5 Å². The highest BCUT2D eigenvalue weighted by molar-refractivity contribution is 5.79. The van der Waals surface area contributed by atoms with E-state index in [-0.39, 0.29) is 36.5 Å². The fourth-order valence-corrected chi connectivity index (χ4v) is 5.36. The number of hydrogen-bond acceptors (Lipinski definition) is 5. The number of nitrogens with zero attached hydrogens (tertiary/aromatic N) is 3. The normalized spacial score (nSPS) is 15.2. The van der Waals surface area contributed by atoms with Crippen molar-refractivity contribution in [2.75, 3.05) is 11.4 Å². The molecule has 41 heavy (non-hydrogen) atoms. The predicted octanol–water partition coefficient (Wildman–Crippen LogP) is 8.01. The Hall–Kier alpha value is -3.60. The lowest BCUT2D eigenvalue weighted by atomic mass is 9.77. The summed E-state index contributed by atoms with van der Waals surface area (Å²) in [7, 11) is 0. The number of benzene rings is 2. The van der Waals surface area contributed by atoms with Crippen molar-refractivity contribution < 1.29 is 30.9 Å². The Morgan fingerprint density at radius 2 is 1.63 bits per heavy atom. The van der Waals surface area contributed by atoms with Crippen LogP contribution in [0.4, 0.5) is 32.2 Å². The fraction of sp³-hybridized carbons (Fsp3) is 0.400. The summed E-state index contributed by atoms with van der Waals surface area (Å²) in [5.41, 5.74) is 5.69. The maximum Gasteiger partial charge on any atom is 0.416 e. The molecule has 2 aromatic heterocycles. The van der Waals surface area contributed by atoms with E-state index in [2.05, 4.69) is 5.16 Å². The van der Waals surface area contributed by atoms with Crippen LogP contribution in [0.5, 0.6) is 0 Å². The van der Waals surface area contributed by atoms with Gasteiger partial charge in [0.25, 0.3) is 0 Å². The average molecular weight is 577 g/mol. The molecule has 5 rings (SSSR count). The number of rotatable bonds is 9. The second kappa shape index (κ2) is 11.3. The van der Waals surface area contributed by atoms with Crippen molar-refractivity contribution in [1.29, 1.82) is 0 Å². The van der Waals surface area contributed by atoms with Crippen LogP contribution < -0.4 is 10.6 Å². The number of hydrogen-bond donors (Lipinski definition) is 1. The summed E-state index contributed by atoms with van der Waals surface area (Å²) in [5.74, 6) is 1.23. The van der Waals surface area contributed by atoms with Gasteiger partial charge in [0.1, 0.15) is 5.76 Å². The zero-order chi connectivity index (χ0) is 29.4. The van der Waals surface area contributed by atoms with Gasteiger partial charge in [-0.1, -0.05) is 42.6 Å². The van der Waals surface area contributed by atoms with Crippen molar-refractivity contribution in [3.8, 4) is 0 Å². The highest BCUT2D eigenvalue weighted by Crippen LogP contribution is 2.39. The molecule has 2 aromatic carbocycles. The molecule has 2 heterocycles. The lowest BCUT2D eigenvalue weighted by molar-refractivity contribution is -0.143. The molecular weight excluding hydrogens is 546 g/mol. The maximum atomic E-state index is 13.6. The first-order valence-corrected chi connectivity index (χ1v) is 13.5. The van der Waals surface area contributed by atoms with Gasteiger partial charge < -0.3 is 15.2 Å². The van der Waals surface area contributed by atoms with E-state index in [1.807, 2.05) is 30.3 Å². The maximum absolute atomic E-state index is 13.6. The molecule has 1 aliphatic carbocycles. The fourth-order valence-electron chi connectivity index (χ4n) is 5.36. The van der Waals surface area contributed by atoms with Gasteiger partial charge in [0.15, 0.2) is 5.82 Å². The zero-order valence-electron chi connectivity index (χ0n) is 22.4. The standard InChI is InChI=1S/C30H30F6N4O/c1-18-9-27(39-41-18)40(16-20-11-24(29(31,32)33)14-25(12-20)30(34,35)36)17-23-13-21-7-2-3-8-26(21)38-28(23)22(15-37)10-19-5-4-6-19/h2-3,7-9,11-14,19,22H,4-6,10,15-17,37H2,1H3. The van der Waals surface area contributed by atoms with E-state index in [9.17, 15) is 26.3 Å². The average Bonchev–Trinajstić information content (AvgIpc) is 3.32. The first kappa shape index (κ1) is 28.9. The Bertz CT molecular complexity index is 1480. The molecule has 0 radical (unpaired) electrons. The van der Waals surface area contributed by atoms with Crippen molar-refractivity contribution in [3.63, 3.8) is 0 Å². The van der Waals surface area contributed by atoms with E-state index in [4.69, 9.17) is 15.2 Å². The van der Waals surface area contributed by atoms with E-state index in [1.165, 1.54) is 6.42 Å². The molecule has 0 saturated heterocycles. The number of fused-ring (bicyclic) bond motifs is 1. The first-order chi connectivity index (χ1) is 19.4. The summed E-state index contributed by atoms with van der Waals surface area (Å²) < 4.78 is 86.7. The third kappa shape index (κ3) is 6.66. The van der Waals surface area contributed by atoms with E-state index in [0.29, 0.717) is 18.2 Å². The predicted molar refractivity (Wildman–Crippen MR) is 143 cm³/mol. The van der Waals surface area contributed by atoms with Crippen LogP contribution in [0.25, 0.3) is 10.9 Å². The minimum Gasteiger partial charge on any atom is -0.360 e. The molecule has 11 heteroatoms. The number of halogens is 6. The third-order valence-corrected chi connectivity index (χ3v) is 7.67. The molecule has 1 unspecified atom stereocenters. The summed E-state index contributed by atoms with van der Waals surface area (Å²) >= 11 is 0. The lowest BCUT2D eigenvalue weighted by Crippen LogP contribution is -2.27. The van der Waals surface area contributed by atoms with Crippen LogP contribution in [0.1, 0.15) is 65.3 Å². The van der Waals surface area contributed by atoms with Crippen LogP contribution in [0.2, 0.25) is 0 Å². The highest BCUT2D eigenvalue weighted by atomic mass is 19.4. The van der Waals surface area contributed by atoms with E-state index in [0.717, 1.165) is 53.6 Å². The molecular formula is C30H30F6N4O. The molecule has 0 bridgehead atoms. The van der Waals surface area contributed by atoms with Gasteiger partial charge in [-0.3, -0.25) is 4.98 Å². The summed E-state index contributed by atoms with van der Waals surface area (Å²) in [6.07, 6.45) is -5.61. The Kier molecular flexibility index (Phi) is 8.00. The molecule has 218 valence electrons. The second-order valence-corrected chi connectivity index (χ2v) is 10.8. The molecule has 1 atom stereocenters. The largest absolute Gasteiger partial charge is 0.416 e. The van der Waals surface area contributed by atoms with Gasteiger partial charge in [0.05, 0.1) is 22.3 Å². The monoisotopic (exact) mass is 576 g/mol. The molecule has 5 nitrogen and oxygen atoms in total. The van der Waals surface area contributed by atoms with Crippen LogP contribution in [0, 0.1) is 12.8 Å². The molecule has 1 fully saturated rings. The Morgan fingerprint density at radius 3 is 2.20 bits per heavy atom. The quantitative estimate of drug-likeness (QED) is 0.205. The van der Waals surface area contributed by atoms with Gasteiger partial charge >= 0.3 is 12.4 Å². The van der Waals surface area contributed by atoms with Gasteiger partial charge in [-0.05, 0) is 60.7 Å². The van der Waals surface area contributed by atoms with Gasteiger partial charge in [0, 0.05) is 37.0 Å². The van der Waals surface area contributed by atoms with Gasteiger partial charge in [-0.2, -0.15) is 26.3 Å². The van der Waals surface area contributed by atoms with Crippen molar-refractivity contribution in [3.05, 3.63) is 88.3 Å². The van der Waals surface area contributed by atoms with Gasteiger partial charge in [-0.15, -0.1) is 0 Å². The van der Waals surface area contributed by atoms with Crippen molar-refractivity contribution in [1.82, 2.24) is 10.1 Å². The molecule has 1 saturated carbocycles. The molecule has 1 aliphatic rings. The highest BCUT2D eigenvalue weighted by Gasteiger charge is 2.37. The molecule has 0 amide bonds. The third-order valence-electron chi connectivity index (χ3n) is 7.67. The van der Waals surface area contributed by atoms with Crippen molar-refractivity contribution >= 4 is 16.7 Å². The zero-order valence-corrected chi connectivity index (χ0v) is 22.4. The number of aromatic nitrogens is 2.